The number of ketones is 1. The van der Waals surface area contributed by atoms with Crippen LogP contribution in [0.3, 0.4) is 0 Å². The second-order valence-corrected chi connectivity index (χ2v) is 7.92. The molecule has 24 heavy (non-hydrogen) atoms. The number of carbonyl (C=O) groups is 1. The Labute approximate surface area is 142 Å². The standard InChI is InChI=1S/C17H21N3O3S/c1-2-16(21)13-5-3-7-15(11-13)24(22,23)20-10-4-6-14(12-20)17-18-8-9-19-17/h3,5,7-9,11,14H,2,4,6,10,12H2,1H3,(H,18,19). The van der Waals surface area contributed by atoms with Crippen molar-refractivity contribution in [3.63, 3.8) is 0 Å². The number of hydrogen-bond acceptors (Lipinski definition) is 4. The molecule has 0 aliphatic carbocycles. The molecule has 0 saturated carbocycles. The topological polar surface area (TPSA) is 83.1 Å². The van der Waals surface area contributed by atoms with E-state index in [0.29, 0.717) is 25.1 Å². The number of imidazole rings is 1. The van der Waals surface area contributed by atoms with Crippen molar-refractivity contribution in [1.82, 2.24) is 14.3 Å². The van der Waals surface area contributed by atoms with Gasteiger partial charge in [-0.3, -0.25) is 4.79 Å². The van der Waals surface area contributed by atoms with E-state index < -0.39 is 10.0 Å². The summed E-state index contributed by atoms with van der Waals surface area (Å²) in [5, 5.41) is 0. The Balaban J connectivity index is 1.86. The summed E-state index contributed by atoms with van der Waals surface area (Å²) in [6, 6.07) is 6.33. The molecule has 2 heterocycles. The van der Waals surface area contributed by atoms with Crippen LogP contribution in [0, 0.1) is 0 Å². The minimum atomic E-state index is -3.61. The van der Waals surface area contributed by atoms with E-state index in [4.69, 9.17) is 0 Å². The van der Waals surface area contributed by atoms with Crippen molar-refractivity contribution in [2.24, 2.45) is 0 Å². The molecule has 1 aromatic heterocycles. The van der Waals surface area contributed by atoms with Crippen molar-refractivity contribution >= 4 is 15.8 Å². The van der Waals surface area contributed by atoms with E-state index in [1.165, 1.54) is 10.4 Å². The van der Waals surface area contributed by atoms with E-state index in [9.17, 15) is 13.2 Å². The normalized spacial score (nSPS) is 19.3. The van der Waals surface area contributed by atoms with E-state index in [0.717, 1.165) is 18.7 Å². The van der Waals surface area contributed by atoms with E-state index >= 15 is 0 Å². The van der Waals surface area contributed by atoms with Gasteiger partial charge >= 0.3 is 0 Å². The number of piperidine rings is 1. The van der Waals surface area contributed by atoms with Gasteiger partial charge in [-0.2, -0.15) is 4.31 Å². The molecular weight excluding hydrogens is 326 g/mol. The molecule has 1 atom stereocenters. The van der Waals surface area contributed by atoms with Gasteiger partial charge in [-0.05, 0) is 25.0 Å². The highest BCUT2D eigenvalue weighted by molar-refractivity contribution is 7.89. The third kappa shape index (κ3) is 3.27. The maximum Gasteiger partial charge on any atom is 0.243 e. The third-order valence-electron chi connectivity index (χ3n) is 4.41. The molecule has 1 aromatic carbocycles. The number of nitrogens with zero attached hydrogens (tertiary/aromatic N) is 2. The smallest absolute Gasteiger partial charge is 0.243 e. The van der Waals surface area contributed by atoms with Crippen LogP contribution in [0.2, 0.25) is 0 Å². The van der Waals surface area contributed by atoms with Crippen molar-refractivity contribution in [3.8, 4) is 0 Å². The molecule has 0 spiro atoms. The van der Waals surface area contributed by atoms with Gasteiger partial charge in [0.2, 0.25) is 10.0 Å². The molecule has 6 nitrogen and oxygen atoms in total. The number of H-pyrrole nitrogens is 1. The Morgan fingerprint density at radius 3 is 2.96 bits per heavy atom. The molecule has 0 radical (unpaired) electrons. The zero-order valence-electron chi connectivity index (χ0n) is 13.6. The second-order valence-electron chi connectivity index (χ2n) is 5.98. The van der Waals surface area contributed by atoms with Gasteiger partial charge < -0.3 is 4.98 Å². The number of hydrogen-bond donors (Lipinski definition) is 1. The quantitative estimate of drug-likeness (QED) is 0.843. The van der Waals surface area contributed by atoms with Crippen LogP contribution < -0.4 is 0 Å². The first-order valence-corrected chi connectivity index (χ1v) is 9.59. The second kappa shape index (κ2) is 6.86. The van der Waals surface area contributed by atoms with Crippen LogP contribution in [0.25, 0.3) is 0 Å². The van der Waals surface area contributed by atoms with Crippen molar-refractivity contribution in [1.29, 1.82) is 0 Å². The minimum Gasteiger partial charge on any atom is -0.348 e. The largest absolute Gasteiger partial charge is 0.348 e. The SMILES string of the molecule is CCC(=O)c1cccc(S(=O)(=O)N2CCCC(c3ncc[nH]3)C2)c1. The zero-order chi connectivity index (χ0) is 17.2. The number of aromatic amines is 1. The Morgan fingerprint density at radius 1 is 1.42 bits per heavy atom. The van der Waals surface area contributed by atoms with E-state index in [1.54, 1.807) is 37.5 Å². The summed E-state index contributed by atoms with van der Waals surface area (Å²) in [5.74, 6) is 0.841. The fraction of sp³-hybridized carbons (Fsp3) is 0.412. The number of carbonyl (C=O) groups excluding carboxylic acids is 1. The van der Waals surface area contributed by atoms with Crippen molar-refractivity contribution < 1.29 is 13.2 Å². The molecule has 7 heteroatoms. The van der Waals surface area contributed by atoms with Crippen LogP contribution in [0.4, 0.5) is 0 Å². The highest BCUT2D eigenvalue weighted by Gasteiger charge is 2.32. The molecular formula is C17H21N3O3S. The summed E-state index contributed by atoms with van der Waals surface area (Å²) in [6.07, 6.45) is 5.49. The first-order valence-electron chi connectivity index (χ1n) is 8.15. The molecule has 1 aliphatic heterocycles. The van der Waals surface area contributed by atoms with Crippen LogP contribution in [0.1, 0.15) is 48.3 Å². The van der Waals surface area contributed by atoms with Gasteiger partial charge in [-0.25, -0.2) is 13.4 Å². The average molecular weight is 347 g/mol. The van der Waals surface area contributed by atoms with Gasteiger partial charge in [0.1, 0.15) is 5.82 Å². The Hall–Kier alpha value is -1.99. The summed E-state index contributed by atoms with van der Waals surface area (Å²) in [6.45, 7) is 2.66. The molecule has 0 amide bonds. The summed E-state index contributed by atoms with van der Waals surface area (Å²) in [4.78, 5) is 19.4. The number of Topliss-reactive ketones (excluding diaryl/α,β-unsaturated/α-hetero) is 1. The first-order chi connectivity index (χ1) is 11.5. The van der Waals surface area contributed by atoms with Gasteiger partial charge in [0.05, 0.1) is 4.90 Å². The molecule has 2 aromatic rings. The summed E-state index contributed by atoms with van der Waals surface area (Å²) in [5.41, 5.74) is 0.443. The summed E-state index contributed by atoms with van der Waals surface area (Å²) in [7, 11) is -3.61. The maximum atomic E-state index is 12.9. The highest BCUT2D eigenvalue weighted by atomic mass is 32.2. The molecule has 1 fully saturated rings. The Kier molecular flexibility index (Phi) is 4.82. The molecule has 1 aliphatic rings. The Morgan fingerprint density at radius 2 is 2.25 bits per heavy atom. The fourth-order valence-electron chi connectivity index (χ4n) is 3.07. The van der Waals surface area contributed by atoms with Gasteiger partial charge in [-0.1, -0.05) is 19.1 Å². The number of rotatable bonds is 5. The number of benzene rings is 1. The van der Waals surface area contributed by atoms with Crippen LogP contribution in [0.15, 0.2) is 41.6 Å². The van der Waals surface area contributed by atoms with Gasteiger partial charge in [0.15, 0.2) is 5.78 Å². The monoisotopic (exact) mass is 347 g/mol. The van der Waals surface area contributed by atoms with Crippen LogP contribution >= 0.6 is 0 Å². The van der Waals surface area contributed by atoms with Gasteiger partial charge in [0.25, 0.3) is 0 Å². The number of aromatic nitrogens is 2. The number of sulfonamides is 1. The summed E-state index contributed by atoms with van der Waals surface area (Å²) < 4.78 is 27.4. The number of nitrogens with one attached hydrogen (secondary N) is 1. The lowest BCUT2D eigenvalue weighted by atomic mass is 9.99. The molecule has 1 N–H and O–H groups in total. The zero-order valence-corrected chi connectivity index (χ0v) is 14.4. The maximum absolute atomic E-state index is 12.9. The van der Waals surface area contributed by atoms with Crippen LogP contribution in [-0.4, -0.2) is 41.6 Å². The average Bonchev–Trinajstić information content (AvgIpc) is 3.16. The summed E-state index contributed by atoms with van der Waals surface area (Å²) >= 11 is 0. The van der Waals surface area contributed by atoms with Crippen LogP contribution in [0.5, 0.6) is 0 Å². The van der Waals surface area contributed by atoms with E-state index in [1.807, 2.05) is 0 Å². The molecule has 0 bridgehead atoms. The minimum absolute atomic E-state index is 0.0563. The van der Waals surface area contributed by atoms with Crippen molar-refractivity contribution in [3.05, 3.63) is 48.0 Å². The van der Waals surface area contributed by atoms with E-state index in [2.05, 4.69) is 9.97 Å². The lowest BCUT2D eigenvalue weighted by Gasteiger charge is -2.31. The van der Waals surface area contributed by atoms with Gasteiger partial charge in [0, 0.05) is 43.4 Å². The van der Waals surface area contributed by atoms with Crippen LogP contribution in [-0.2, 0) is 10.0 Å². The van der Waals surface area contributed by atoms with Gasteiger partial charge in [-0.15, -0.1) is 0 Å². The lowest BCUT2D eigenvalue weighted by Crippen LogP contribution is -2.39. The van der Waals surface area contributed by atoms with Crippen molar-refractivity contribution in [2.75, 3.05) is 13.1 Å². The predicted molar refractivity (Wildman–Crippen MR) is 90.4 cm³/mol. The molecule has 1 unspecified atom stereocenters. The molecule has 1 saturated heterocycles. The highest BCUT2D eigenvalue weighted by Crippen LogP contribution is 2.28. The van der Waals surface area contributed by atoms with E-state index in [-0.39, 0.29) is 16.6 Å². The van der Waals surface area contributed by atoms with Crippen molar-refractivity contribution in [2.45, 2.75) is 37.0 Å². The molecule has 128 valence electrons. The fourth-order valence-corrected chi connectivity index (χ4v) is 4.64. The first kappa shape index (κ1) is 16.9. The predicted octanol–water partition coefficient (Wildman–Crippen LogP) is 2.57. The third-order valence-corrected chi connectivity index (χ3v) is 6.27. The Bertz CT molecular complexity index is 815. The lowest BCUT2D eigenvalue weighted by molar-refractivity contribution is 0.0988. The molecule has 3 rings (SSSR count).